The quantitative estimate of drug-likeness (QED) is 0.577. The van der Waals surface area contributed by atoms with Crippen LogP contribution in [0.2, 0.25) is 0 Å². The summed E-state index contributed by atoms with van der Waals surface area (Å²) in [4.78, 5) is 2.50. The molecule has 15 heavy (non-hydrogen) atoms. The van der Waals surface area contributed by atoms with Crippen molar-refractivity contribution in [3.63, 3.8) is 0 Å². The maximum absolute atomic E-state index is 5.69. The minimum absolute atomic E-state index is 0.636. The second kappa shape index (κ2) is 8.08. The standard InChI is InChI=1S/C12H25NO2/c1-3-4-9-15-11-12-6-5-7-13(12)8-10-14-2/h12H,3-11H2,1-2H3/t12-/m0/s1. The SMILES string of the molecule is CCCCOC[C@@H]1CCCN1CCOC. The summed E-state index contributed by atoms with van der Waals surface area (Å²) < 4.78 is 10.8. The molecule has 1 fully saturated rings. The van der Waals surface area contributed by atoms with Crippen molar-refractivity contribution in [2.75, 3.05) is 40.0 Å². The Balaban J connectivity index is 2.09. The summed E-state index contributed by atoms with van der Waals surface area (Å²) in [6, 6.07) is 0.636. The normalized spacial score (nSPS) is 22.4. The van der Waals surface area contributed by atoms with Gasteiger partial charge in [-0.1, -0.05) is 13.3 Å². The van der Waals surface area contributed by atoms with Crippen LogP contribution in [0.3, 0.4) is 0 Å². The summed E-state index contributed by atoms with van der Waals surface area (Å²) in [5.74, 6) is 0. The van der Waals surface area contributed by atoms with Crippen LogP contribution in [0.25, 0.3) is 0 Å². The fourth-order valence-corrected chi connectivity index (χ4v) is 2.05. The molecule has 0 aromatic carbocycles. The first kappa shape index (κ1) is 12.9. The third kappa shape index (κ3) is 4.96. The summed E-state index contributed by atoms with van der Waals surface area (Å²) in [5, 5.41) is 0. The van der Waals surface area contributed by atoms with E-state index in [1.54, 1.807) is 7.11 Å². The molecule has 1 atom stereocenters. The van der Waals surface area contributed by atoms with Crippen LogP contribution < -0.4 is 0 Å². The Kier molecular flexibility index (Phi) is 6.98. The zero-order valence-corrected chi connectivity index (χ0v) is 10.2. The van der Waals surface area contributed by atoms with Crippen molar-refractivity contribution in [3.05, 3.63) is 0 Å². The van der Waals surface area contributed by atoms with Gasteiger partial charge in [0.2, 0.25) is 0 Å². The van der Waals surface area contributed by atoms with E-state index in [0.29, 0.717) is 6.04 Å². The van der Waals surface area contributed by atoms with Crippen LogP contribution in [0.5, 0.6) is 0 Å². The molecular weight excluding hydrogens is 190 g/mol. The highest BCUT2D eigenvalue weighted by Gasteiger charge is 2.23. The first-order chi connectivity index (χ1) is 7.38. The zero-order chi connectivity index (χ0) is 10.9. The highest BCUT2D eigenvalue weighted by molar-refractivity contribution is 4.78. The van der Waals surface area contributed by atoms with Gasteiger partial charge in [0.15, 0.2) is 0 Å². The number of ether oxygens (including phenoxy) is 2. The maximum atomic E-state index is 5.69. The Morgan fingerprint density at radius 2 is 2.20 bits per heavy atom. The molecule has 3 nitrogen and oxygen atoms in total. The van der Waals surface area contributed by atoms with Crippen LogP contribution in [0.4, 0.5) is 0 Å². The molecule has 0 aliphatic carbocycles. The van der Waals surface area contributed by atoms with Gasteiger partial charge in [0, 0.05) is 26.3 Å². The van der Waals surface area contributed by atoms with Crippen LogP contribution >= 0.6 is 0 Å². The average Bonchev–Trinajstić information content (AvgIpc) is 2.69. The van der Waals surface area contributed by atoms with Gasteiger partial charge in [-0.15, -0.1) is 0 Å². The third-order valence-corrected chi connectivity index (χ3v) is 3.03. The molecule has 90 valence electrons. The predicted octanol–water partition coefficient (Wildman–Crippen LogP) is 1.91. The summed E-state index contributed by atoms with van der Waals surface area (Å²) >= 11 is 0. The topological polar surface area (TPSA) is 21.7 Å². The van der Waals surface area contributed by atoms with Gasteiger partial charge in [0.05, 0.1) is 13.2 Å². The largest absolute Gasteiger partial charge is 0.383 e. The molecule has 1 aliphatic rings. The Morgan fingerprint density at radius 3 is 2.93 bits per heavy atom. The van der Waals surface area contributed by atoms with Gasteiger partial charge < -0.3 is 9.47 Å². The van der Waals surface area contributed by atoms with Crippen LogP contribution in [0.1, 0.15) is 32.6 Å². The van der Waals surface area contributed by atoms with E-state index in [0.717, 1.165) is 26.4 Å². The molecule has 0 saturated carbocycles. The van der Waals surface area contributed by atoms with E-state index in [-0.39, 0.29) is 0 Å². The number of methoxy groups -OCH3 is 1. The van der Waals surface area contributed by atoms with Crippen molar-refractivity contribution < 1.29 is 9.47 Å². The van der Waals surface area contributed by atoms with Crippen LogP contribution in [0.15, 0.2) is 0 Å². The minimum Gasteiger partial charge on any atom is -0.383 e. The van der Waals surface area contributed by atoms with E-state index in [2.05, 4.69) is 11.8 Å². The van der Waals surface area contributed by atoms with Crippen molar-refractivity contribution in [3.8, 4) is 0 Å². The number of likely N-dealkylation sites (tertiary alicyclic amines) is 1. The fraction of sp³-hybridized carbons (Fsp3) is 1.00. The summed E-state index contributed by atoms with van der Waals surface area (Å²) in [6.45, 7) is 7.13. The van der Waals surface area contributed by atoms with Gasteiger partial charge in [-0.3, -0.25) is 4.90 Å². The first-order valence-corrected chi connectivity index (χ1v) is 6.19. The number of unbranched alkanes of at least 4 members (excludes halogenated alkanes) is 1. The van der Waals surface area contributed by atoms with Gasteiger partial charge in [-0.05, 0) is 25.8 Å². The molecule has 0 radical (unpaired) electrons. The lowest BCUT2D eigenvalue weighted by Crippen LogP contribution is -2.35. The molecule has 0 aromatic rings. The van der Waals surface area contributed by atoms with E-state index >= 15 is 0 Å². The number of nitrogens with zero attached hydrogens (tertiary/aromatic N) is 1. The highest BCUT2D eigenvalue weighted by Crippen LogP contribution is 2.16. The van der Waals surface area contributed by atoms with Gasteiger partial charge in [-0.2, -0.15) is 0 Å². The number of rotatable bonds is 8. The second-order valence-electron chi connectivity index (χ2n) is 4.25. The molecular formula is C12H25NO2. The molecule has 1 rings (SSSR count). The average molecular weight is 215 g/mol. The van der Waals surface area contributed by atoms with Gasteiger partial charge in [0.1, 0.15) is 0 Å². The highest BCUT2D eigenvalue weighted by atomic mass is 16.5. The zero-order valence-electron chi connectivity index (χ0n) is 10.2. The summed E-state index contributed by atoms with van der Waals surface area (Å²) in [6.07, 6.45) is 5.00. The van der Waals surface area contributed by atoms with E-state index in [4.69, 9.17) is 9.47 Å². The molecule has 0 spiro atoms. The van der Waals surface area contributed by atoms with Crippen molar-refractivity contribution >= 4 is 0 Å². The lowest BCUT2D eigenvalue weighted by atomic mass is 10.2. The maximum Gasteiger partial charge on any atom is 0.0621 e. The van der Waals surface area contributed by atoms with Crippen molar-refractivity contribution in [1.29, 1.82) is 0 Å². The van der Waals surface area contributed by atoms with E-state index in [1.807, 2.05) is 0 Å². The summed E-state index contributed by atoms with van der Waals surface area (Å²) in [5.41, 5.74) is 0. The van der Waals surface area contributed by atoms with E-state index < -0.39 is 0 Å². The van der Waals surface area contributed by atoms with Gasteiger partial charge in [0.25, 0.3) is 0 Å². The molecule has 0 unspecified atom stereocenters. The molecule has 1 saturated heterocycles. The molecule has 0 N–H and O–H groups in total. The van der Waals surface area contributed by atoms with Gasteiger partial charge in [-0.25, -0.2) is 0 Å². The lowest BCUT2D eigenvalue weighted by Gasteiger charge is -2.23. The second-order valence-corrected chi connectivity index (χ2v) is 4.25. The third-order valence-electron chi connectivity index (χ3n) is 3.03. The first-order valence-electron chi connectivity index (χ1n) is 6.19. The van der Waals surface area contributed by atoms with Crippen LogP contribution in [0, 0.1) is 0 Å². The molecule has 0 aromatic heterocycles. The van der Waals surface area contributed by atoms with Crippen molar-refractivity contribution in [2.24, 2.45) is 0 Å². The van der Waals surface area contributed by atoms with Crippen LogP contribution in [-0.4, -0.2) is 51.0 Å². The molecule has 1 heterocycles. The van der Waals surface area contributed by atoms with E-state index in [1.165, 1.54) is 32.2 Å². The van der Waals surface area contributed by atoms with E-state index in [9.17, 15) is 0 Å². The molecule has 0 amide bonds. The molecule has 1 aliphatic heterocycles. The monoisotopic (exact) mass is 215 g/mol. The molecule has 3 heteroatoms. The number of hydrogen-bond donors (Lipinski definition) is 0. The van der Waals surface area contributed by atoms with Gasteiger partial charge >= 0.3 is 0 Å². The lowest BCUT2D eigenvalue weighted by molar-refractivity contribution is 0.0632. The number of hydrogen-bond acceptors (Lipinski definition) is 3. The Labute approximate surface area is 93.7 Å². The van der Waals surface area contributed by atoms with Crippen molar-refractivity contribution in [1.82, 2.24) is 4.90 Å². The fourth-order valence-electron chi connectivity index (χ4n) is 2.05. The Bertz CT molecular complexity index is 153. The Morgan fingerprint density at radius 1 is 1.33 bits per heavy atom. The summed E-state index contributed by atoms with van der Waals surface area (Å²) in [7, 11) is 1.77. The minimum atomic E-state index is 0.636. The van der Waals surface area contributed by atoms with Crippen LogP contribution in [-0.2, 0) is 9.47 Å². The molecule has 0 bridgehead atoms. The predicted molar refractivity (Wildman–Crippen MR) is 62.2 cm³/mol. The smallest absolute Gasteiger partial charge is 0.0621 e. The Hall–Kier alpha value is -0.120. The van der Waals surface area contributed by atoms with Crippen molar-refractivity contribution in [2.45, 2.75) is 38.6 Å².